The minimum Gasteiger partial charge on any atom is -0.383 e. The third-order valence-corrected chi connectivity index (χ3v) is 5.71. The summed E-state index contributed by atoms with van der Waals surface area (Å²) in [6, 6.07) is 9.28. The van der Waals surface area contributed by atoms with Crippen LogP contribution in [-0.4, -0.2) is 45.5 Å². The number of amides is 1. The topological polar surface area (TPSA) is 128 Å². The molecule has 4 rings (SSSR count). The number of hydrogen-bond acceptors (Lipinski definition) is 6. The standard InChI is InChI=1S/C22H26N6O4/c1-26-13-15(11-24-26)16-10-17(16)21(30)27(8-9-32-2)18-19(23)28(22(31)25-20(18)29)12-14-6-4-3-5-7-14/h3-7,11,13,16-17H,8-10,12,23H2,1-2H3,(H,25,29,31). The lowest BCUT2D eigenvalue weighted by atomic mass is 10.1. The fraction of sp³-hybridized carbons (Fsp3) is 0.364. The third kappa shape index (κ3) is 4.22. The van der Waals surface area contributed by atoms with Gasteiger partial charge in [-0.1, -0.05) is 30.3 Å². The van der Waals surface area contributed by atoms with E-state index in [4.69, 9.17) is 10.5 Å². The Labute approximate surface area is 184 Å². The molecule has 10 heteroatoms. The van der Waals surface area contributed by atoms with Crippen molar-refractivity contribution in [1.29, 1.82) is 0 Å². The van der Waals surface area contributed by atoms with Gasteiger partial charge in [0.05, 0.1) is 19.3 Å². The van der Waals surface area contributed by atoms with Gasteiger partial charge in [-0.15, -0.1) is 0 Å². The molecule has 0 saturated heterocycles. The maximum Gasteiger partial charge on any atom is 0.330 e. The van der Waals surface area contributed by atoms with Crippen molar-refractivity contribution < 1.29 is 9.53 Å². The molecule has 1 aromatic carbocycles. The Balaban J connectivity index is 1.68. The van der Waals surface area contributed by atoms with Gasteiger partial charge in [0.15, 0.2) is 5.69 Å². The SMILES string of the molecule is COCCN(C(=O)C1CC1c1cnn(C)c1)c1c(N)n(Cc2ccccc2)c(=O)[nH]c1=O. The summed E-state index contributed by atoms with van der Waals surface area (Å²) in [5.41, 5.74) is 6.78. The van der Waals surface area contributed by atoms with E-state index in [2.05, 4.69) is 10.1 Å². The molecule has 1 aliphatic rings. The van der Waals surface area contributed by atoms with Gasteiger partial charge in [0, 0.05) is 32.8 Å². The van der Waals surface area contributed by atoms with Gasteiger partial charge in [0.1, 0.15) is 5.82 Å². The molecule has 0 spiro atoms. The zero-order valence-electron chi connectivity index (χ0n) is 18.0. The number of nitrogen functional groups attached to an aromatic ring is 1. The lowest BCUT2D eigenvalue weighted by Crippen LogP contribution is -2.43. The minimum atomic E-state index is -0.695. The average molecular weight is 438 g/mol. The van der Waals surface area contributed by atoms with E-state index in [1.807, 2.05) is 43.6 Å². The molecular weight excluding hydrogens is 412 g/mol. The molecule has 10 nitrogen and oxygen atoms in total. The maximum absolute atomic E-state index is 13.4. The number of carbonyl (C=O) groups is 1. The number of ether oxygens (including phenoxy) is 1. The van der Waals surface area contributed by atoms with Gasteiger partial charge in [-0.25, -0.2) is 4.79 Å². The Morgan fingerprint density at radius 1 is 1.31 bits per heavy atom. The molecule has 1 fully saturated rings. The molecule has 0 aliphatic heterocycles. The van der Waals surface area contributed by atoms with Crippen molar-refractivity contribution in [3.8, 4) is 0 Å². The highest BCUT2D eigenvalue weighted by Crippen LogP contribution is 2.48. The molecule has 1 amide bonds. The lowest BCUT2D eigenvalue weighted by molar-refractivity contribution is -0.120. The molecule has 2 heterocycles. The van der Waals surface area contributed by atoms with Crippen molar-refractivity contribution in [3.05, 3.63) is 74.7 Å². The highest BCUT2D eigenvalue weighted by atomic mass is 16.5. The summed E-state index contributed by atoms with van der Waals surface area (Å²) < 4.78 is 8.12. The van der Waals surface area contributed by atoms with Crippen LogP contribution in [0.3, 0.4) is 0 Å². The number of nitrogens with zero attached hydrogens (tertiary/aromatic N) is 4. The van der Waals surface area contributed by atoms with Crippen molar-refractivity contribution in [2.45, 2.75) is 18.9 Å². The van der Waals surface area contributed by atoms with Crippen LogP contribution in [0.2, 0.25) is 0 Å². The van der Waals surface area contributed by atoms with E-state index in [0.29, 0.717) is 6.42 Å². The van der Waals surface area contributed by atoms with Gasteiger partial charge in [-0.3, -0.25) is 23.8 Å². The molecule has 2 unspecified atom stereocenters. The van der Waals surface area contributed by atoms with E-state index >= 15 is 0 Å². The zero-order chi connectivity index (χ0) is 22.8. The molecule has 0 bridgehead atoms. The Morgan fingerprint density at radius 3 is 2.72 bits per heavy atom. The van der Waals surface area contributed by atoms with E-state index in [1.54, 1.807) is 10.9 Å². The summed E-state index contributed by atoms with van der Waals surface area (Å²) in [6.07, 6.45) is 4.30. The number of hydrogen-bond donors (Lipinski definition) is 2. The summed E-state index contributed by atoms with van der Waals surface area (Å²) >= 11 is 0. The van der Waals surface area contributed by atoms with Crippen LogP contribution >= 0.6 is 0 Å². The summed E-state index contributed by atoms with van der Waals surface area (Å²) in [6.45, 7) is 0.526. The van der Waals surface area contributed by atoms with E-state index < -0.39 is 11.2 Å². The second-order valence-corrected chi connectivity index (χ2v) is 7.94. The molecule has 32 heavy (non-hydrogen) atoms. The molecule has 3 aromatic rings. The second-order valence-electron chi connectivity index (χ2n) is 7.94. The number of rotatable bonds is 8. The van der Waals surface area contributed by atoms with Crippen molar-refractivity contribution in [2.75, 3.05) is 30.9 Å². The number of H-pyrrole nitrogens is 1. The highest BCUT2D eigenvalue weighted by Gasteiger charge is 2.47. The molecule has 168 valence electrons. The number of benzene rings is 1. The number of aromatic nitrogens is 4. The van der Waals surface area contributed by atoms with Gasteiger partial charge in [-0.2, -0.15) is 5.10 Å². The van der Waals surface area contributed by atoms with Gasteiger partial charge in [0.25, 0.3) is 5.56 Å². The quantitative estimate of drug-likeness (QED) is 0.532. The van der Waals surface area contributed by atoms with Gasteiger partial charge < -0.3 is 15.4 Å². The summed E-state index contributed by atoms with van der Waals surface area (Å²) in [5.74, 6) is -0.523. The van der Waals surface area contributed by atoms with E-state index in [9.17, 15) is 14.4 Å². The third-order valence-electron chi connectivity index (χ3n) is 5.71. The van der Waals surface area contributed by atoms with Crippen LogP contribution in [0, 0.1) is 5.92 Å². The van der Waals surface area contributed by atoms with Crippen LogP contribution in [0.5, 0.6) is 0 Å². The predicted octanol–water partition coefficient (Wildman–Crippen LogP) is 0.684. The number of aromatic amines is 1. The van der Waals surface area contributed by atoms with Crippen LogP contribution in [0.25, 0.3) is 0 Å². The predicted molar refractivity (Wildman–Crippen MR) is 120 cm³/mol. The first-order chi connectivity index (χ1) is 15.4. The number of aryl methyl sites for hydroxylation is 1. The van der Waals surface area contributed by atoms with Crippen LogP contribution < -0.4 is 21.9 Å². The van der Waals surface area contributed by atoms with Crippen molar-refractivity contribution in [3.63, 3.8) is 0 Å². The van der Waals surface area contributed by atoms with E-state index in [0.717, 1.165) is 11.1 Å². The first kappa shape index (κ1) is 21.6. The highest BCUT2D eigenvalue weighted by molar-refractivity contribution is 5.99. The normalized spacial score (nSPS) is 17.3. The van der Waals surface area contributed by atoms with Crippen LogP contribution in [-0.2, 0) is 23.1 Å². The lowest BCUT2D eigenvalue weighted by Gasteiger charge is -2.24. The van der Waals surface area contributed by atoms with E-state index in [-0.39, 0.29) is 48.9 Å². The Bertz CT molecular complexity index is 1230. The van der Waals surface area contributed by atoms with Crippen molar-refractivity contribution in [2.24, 2.45) is 13.0 Å². The number of methoxy groups -OCH3 is 1. The summed E-state index contributed by atoms with van der Waals surface area (Å²) in [5, 5.41) is 4.17. The molecule has 3 N–H and O–H groups in total. The van der Waals surface area contributed by atoms with Crippen LogP contribution in [0.4, 0.5) is 11.5 Å². The number of nitrogens with two attached hydrogens (primary N) is 1. The molecule has 2 aromatic heterocycles. The fourth-order valence-electron chi connectivity index (χ4n) is 3.94. The van der Waals surface area contributed by atoms with Gasteiger partial charge in [-0.05, 0) is 23.5 Å². The first-order valence-corrected chi connectivity index (χ1v) is 10.4. The molecule has 1 saturated carbocycles. The van der Waals surface area contributed by atoms with E-state index in [1.165, 1.54) is 16.6 Å². The van der Waals surface area contributed by atoms with Gasteiger partial charge >= 0.3 is 5.69 Å². The number of anilines is 2. The molecule has 1 aliphatic carbocycles. The van der Waals surface area contributed by atoms with Crippen molar-refractivity contribution in [1.82, 2.24) is 19.3 Å². The minimum absolute atomic E-state index is 0.0283. The number of nitrogens with one attached hydrogen (secondary N) is 1. The second kappa shape index (κ2) is 8.83. The first-order valence-electron chi connectivity index (χ1n) is 10.4. The number of carbonyl (C=O) groups excluding carboxylic acids is 1. The maximum atomic E-state index is 13.4. The Morgan fingerprint density at radius 2 is 2.06 bits per heavy atom. The summed E-state index contributed by atoms with van der Waals surface area (Å²) in [4.78, 5) is 42.3. The van der Waals surface area contributed by atoms with Crippen LogP contribution in [0.1, 0.15) is 23.5 Å². The molecule has 2 atom stereocenters. The molecular formula is C22H26N6O4. The Hall–Kier alpha value is -3.66. The monoisotopic (exact) mass is 438 g/mol. The average Bonchev–Trinajstić information content (AvgIpc) is 3.46. The summed E-state index contributed by atoms with van der Waals surface area (Å²) in [7, 11) is 3.34. The Kier molecular flexibility index (Phi) is 5.95. The smallest absolute Gasteiger partial charge is 0.330 e. The van der Waals surface area contributed by atoms with Crippen LogP contribution in [0.15, 0.2) is 52.3 Å². The molecule has 0 radical (unpaired) electrons. The largest absolute Gasteiger partial charge is 0.383 e. The fourth-order valence-corrected chi connectivity index (χ4v) is 3.94. The zero-order valence-corrected chi connectivity index (χ0v) is 18.0. The van der Waals surface area contributed by atoms with Gasteiger partial charge in [0.2, 0.25) is 5.91 Å². The van der Waals surface area contributed by atoms with Crippen molar-refractivity contribution >= 4 is 17.4 Å².